The molecule has 0 bridgehead atoms. The maximum atomic E-state index is 4.06. The zero-order valence-corrected chi connectivity index (χ0v) is 11.1. The maximum absolute atomic E-state index is 4.06. The van der Waals surface area contributed by atoms with Crippen LogP contribution in [0.15, 0.2) is 35.3 Å². The molecule has 0 fully saturated rings. The largest absolute Gasteiger partial charge is 0.296 e. The highest BCUT2D eigenvalue weighted by Crippen LogP contribution is 2.13. The number of nitrogens with zero attached hydrogens (tertiary/aromatic N) is 1. The molecule has 0 amide bonds. The van der Waals surface area contributed by atoms with Gasteiger partial charge in [-0.3, -0.25) is 4.99 Å². The summed E-state index contributed by atoms with van der Waals surface area (Å²) in [6.45, 7) is 8.23. The van der Waals surface area contributed by atoms with Crippen molar-refractivity contribution in [1.29, 1.82) is 0 Å². The van der Waals surface area contributed by atoms with Crippen molar-refractivity contribution in [2.24, 2.45) is 4.99 Å². The Morgan fingerprint density at radius 3 is 2.19 bits per heavy atom. The van der Waals surface area contributed by atoms with Gasteiger partial charge in [0.05, 0.1) is 0 Å². The molecule has 1 aromatic rings. The fourth-order valence-corrected chi connectivity index (χ4v) is 1.35. The van der Waals surface area contributed by atoms with E-state index in [2.05, 4.69) is 49.2 Å². The molecule has 0 saturated heterocycles. The highest BCUT2D eigenvalue weighted by atomic mass is 14.6. The van der Waals surface area contributed by atoms with Crippen LogP contribution in [-0.4, -0.2) is 13.3 Å². The summed E-state index contributed by atoms with van der Waals surface area (Å²) in [7, 11) is 1.80. The summed E-state index contributed by atoms with van der Waals surface area (Å²) in [5, 5.41) is 0. The van der Waals surface area contributed by atoms with Crippen molar-refractivity contribution in [3.63, 3.8) is 0 Å². The van der Waals surface area contributed by atoms with Crippen LogP contribution in [0, 0.1) is 6.92 Å². The van der Waals surface area contributed by atoms with Gasteiger partial charge in [-0.2, -0.15) is 0 Å². The Balaban J connectivity index is 0.00000106. The van der Waals surface area contributed by atoms with Crippen molar-refractivity contribution in [2.75, 3.05) is 7.05 Å². The summed E-state index contributed by atoms with van der Waals surface area (Å²) in [6.07, 6.45) is 5.14. The highest BCUT2D eigenvalue weighted by molar-refractivity contribution is 6.09. The topological polar surface area (TPSA) is 12.4 Å². The third-order valence-corrected chi connectivity index (χ3v) is 2.08. The Kier molecular flexibility index (Phi) is 8.14. The lowest BCUT2D eigenvalue weighted by Gasteiger charge is -2.02. The fraction of sp³-hybridized carbons (Fsp3) is 0.400. The van der Waals surface area contributed by atoms with Crippen LogP contribution in [0.3, 0.4) is 0 Å². The van der Waals surface area contributed by atoms with E-state index in [1.165, 1.54) is 16.7 Å². The molecule has 0 spiro atoms. The number of allylic oxidation sites excluding steroid dienone is 2. The van der Waals surface area contributed by atoms with Gasteiger partial charge in [0.15, 0.2) is 0 Å². The van der Waals surface area contributed by atoms with Crippen LogP contribution in [-0.2, 0) is 0 Å². The molecule has 1 heteroatoms. The second-order valence-electron chi connectivity index (χ2n) is 3.32. The van der Waals surface area contributed by atoms with E-state index in [-0.39, 0.29) is 0 Å². The van der Waals surface area contributed by atoms with E-state index >= 15 is 0 Å². The summed E-state index contributed by atoms with van der Waals surface area (Å²) in [6, 6.07) is 8.53. The average Bonchev–Trinajstić information content (AvgIpc) is 2.32. The van der Waals surface area contributed by atoms with Crippen molar-refractivity contribution < 1.29 is 0 Å². The van der Waals surface area contributed by atoms with Crippen LogP contribution >= 0.6 is 0 Å². The predicted octanol–water partition coefficient (Wildman–Crippen LogP) is 4.52. The van der Waals surface area contributed by atoms with Crippen molar-refractivity contribution in [2.45, 2.75) is 34.1 Å². The molecule has 88 valence electrons. The van der Waals surface area contributed by atoms with Crippen molar-refractivity contribution in [3.05, 3.63) is 41.5 Å². The molecule has 0 N–H and O–H groups in total. The molecule has 0 aliphatic rings. The lowest BCUT2D eigenvalue weighted by atomic mass is 10.0. The first-order valence-corrected chi connectivity index (χ1v) is 5.97. The van der Waals surface area contributed by atoms with Crippen LogP contribution < -0.4 is 0 Å². The van der Waals surface area contributed by atoms with Gasteiger partial charge >= 0.3 is 0 Å². The van der Waals surface area contributed by atoms with Crippen LogP contribution in [0.1, 0.15) is 38.3 Å². The number of hydrogen-bond acceptors (Lipinski definition) is 1. The zero-order chi connectivity index (χ0) is 12.4. The number of rotatable bonds is 3. The molecular weight excluding hydrogens is 194 g/mol. The number of benzene rings is 1. The standard InChI is InChI=1S/C13H17N.C2H6/c1-4-5-13(10-14-3)12-8-6-11(2)7-9-12;1-2/h5-10H,4H2,1-3H3;1-2H3/b13-5+,14-10?;. The molecule has 1 rings (SSSR count). The molecule has 16 heavy (non-hydrogen) atoms. The minimum Gasteiger partial charge on any atom is -0.296 e. The minimum atomic E-state index is 1.04. The molecule has 1 nitrogen and oxygen atoms in total. The third-order valence-electron chi connectivity index (χ3n) is 2.08. The van der Waals surface area contributed by atoms with Crippen LogP contribution in [0.5, 0.6) is 0 Å². The Labute approximate surface area is 99.9 Å². The molecule has 0 aliphatic heterocycles. The molecule has 0 aliphatic carbocycles. The lowest BCUT2D eigenvalue weighted by molar-refractivity contribution is 1.23. The summed E-state index contributed by atoms with van der Waals surface area (Å²) >= 11 is 0. The molecule has 0 saturated carbocycles. The van der Waals surface area contributed by atoms with Gasteiger partial charge in [0.25, 0.3) is 0 Å². The summed E-state index contributed by atoms with van der Waals surface area (Å²) in [5.74, 6) is 0. The average molecular weight is 217 g/mol. The number of aliphatic imine (C=N–C) groups is 1. The quantitative estimate of drug-likeness (QED) is 0.660. The summed E-state index contributed by atoms with van der Waals surface area (Å²) < 4.78 is 0. The molecule has 0 atom stereocenters. The predicted molar refractivity (Wildman–Crippen MR) is 75.2 cm³/mol. The Morgan fingerprint density at radius 1 is 1.19 bits per heavy atom. The van der Waals surface area contributed by atoms with Gasteiger partial charge in [0.2, 0.25) is 0 Å². The molecule has 0 radical (unpaired) electrons. The van der Waals surface area contributed by atoms with Crippen molar-refractivity contribution >= 4 is 11.8 Å². The van der Waals surface area contributed by atoms with Gasteiger partial charge in [-0.25, -0.2) is 0 Å². The SMILES string of the molecule is CC.CC/C=C(\C=NC)c1ccc(C)cc1. The van der Waals surface area contributed by atoms with Crippen molar-refractivity contribution in [3.8, 4) is 0 Å². The van der Waals surface area contributed by atoms with E-state index in [0.29, 0.717) is 0 Å². The smallest absolute Gasteiger partial charge is 0.0284 e. The first kappa shape index (κ1) is 14.6. The van der Waals surface area contributed by atoms with Gasteiger partial charge in [-0.15, -0.1) is 0 Å². The van der Waals surface area contributed by atoms with E-state index in [1.54, 1.807) is 7.05 Å². The van der Waals surface area contributed by atoms with E-state index in [0.717, 1.165) is 6.42 Å². The normalized spacial score (nSPS) is 11.2. The zero-order valence-electron chi connectivity index (χ0n) is 11.1. The first-order chi connectivity index (χ1) is 7.77. The molecule has 0 aromatic heterocycles. The van der Waals surface area contributed by atoms with Gasteiger partial charge in [-0.1, -0.05) is 56.7 Å². The fourth-order valence-electron chi connectivity index (χ4n) is 1.35. The van der Waals surface area contributed by atoms with E-state index < -0.39 is 0 Å². The minimum absolute atomic E-state index is 1.04. The maximum Gasteiger partial charge on any atom is 0.0284 e. The highest BCUT2D eigenvalue weighted by Gasteiger charge is 1.96. The first-order valence-electron chi connectivity index (χ1n) is 5.97. The second kappa shape index (κ2) is 8.90. The summed E-state index contributed by atoms with van der Waals surface area (Å²) in [4.78, 5) is 4.06. The Morgan fingerprint density at radius 2 is 1.75 bits per heavy atom. The van der Waals surface area contributed by atoms with Gasteiger partial charge in [-0.05, 0) is 24.5 Å². The van der Waals surface area contributed by atoms with Crippen LogP contribution in [0.4, 0.5) is 0 Å². The van der Waals surface area contributed by atoms with Gasteiger partial charge < -0.3 is 0 Å². The van der Waals surface area contributed by atoms with Crippen molar-refractivity contribution in [1.82, 2.24) is 0 Å². The van der Waals surface area contributed by atoms with Gasteiger partial charge in [0.1, 0.15) is 0 Å². The third kappa shape index (κ3) is 4.92. The second-order valence-corrected chi connectivity index (χ2v) is 3.32. The monoisotopic (exact) mass is 217 g/mol. The molecule has 0 heterocycles. The van der Waals surface area contributed by atoms with Crippen LogP contribution in [0.2, 0.25) is 0 Å². The number of aryl methyl sites for hydroxylation is 1. The lowest BCUT2D eigenvalue weighted by Crippen LogP contribution is -1.86. The Bertz CT molecular complexity index is 331. The number of hydrogen-bond donors (Lipinski definition) is 0. The molecule has 0 unspecified atom stereocenters. The van der Waals surface area contributed by atoms with E-state index in [4.69, 9.17) is 0 Å². The van der Waals surface area contributed by atoms with E-state index in [1.807, 2.05) is 20.1 Å². The van der Waals surface area contributed by atoms with Gasteiger partial charge in [0, 0.05) is 13.3 Å². The van der Waals surface area contributed by atoms with E-state index in [9.17, 15) is 0 Å². The molecule has 1 aromatic carbocycles. The summed E-state index contributed by atoms with van der Waals surface area (Å²) in [5.41, 5.74) is 3.73. The molecular formula is C15H23N. The van der Waals surface area contributed by atoms with Crippen LogP contribution in [0.25, 0.3) is 5.57 Å². The Hall–Kier alpha value is -1.37.